The zero-order chi connectivity index (χ0) is 21.1. The molecule has 2 aromatic rings. The van der Waals surface area contributed by atoms with Gasteiger partial charge in [0.2, 0.25) is 0 Å². The zero-order valence-electron chi connectivity index (χ0n) is 17.2. The van der Waals surface area contributed by atoms with Crippen LogP contribution in [-0.4, -0.2) is 39.2 Å². The van der Waals surface area contributed by atoms with Gasteiger partial charge < -0.3 is 0 Å². The summed E-state index contributed by atoms with van der Waals surface area (Å²) in [5.74, 6) is 0.348. The van der Waals surface area contributed by atoms with E-state index in [2.05, 4.69) is 56.6 Å². The number of benzene rings is 1. The van der Waals surface area contributed by atoms with Crippen LogP contribution in [0.5, 0.6) is 5.75 Å². The summed E-state index contributed by atoms with van der Waals surface area (Å²) < 4.78 is 3.56. The first-order chi connectivity index (χ1) is 13.7. The molecule has 2 aliphatic rings. The summed E-state index contributed by atoms with van der Waals surface area (Å²) in [4.78, 5) is 17.4. The van der Waals surface area contributed by atoms with Gasteiger partial charge in [-0.3, -0.25) is 0 Å². The number of nitrogens with zero attached hydrogens (tertiary/aromatic N) is 1. The van der Waals surface area contributed by atoms with Crippen molar-refractivity contribution < 1.29 is 9.90 Å². The molecule has 0 radical (unpaired) electrons. The molecule has 3 nitrogen and oxygen atoms in total. The van der Waals surface area contributed by atoms with Crippen molar-refractivity contribution in [3.63, 3.8) is 0 Å². The third-order valence-electron chi connectivity index (χ3n) is 6.09. The molecule has 0 bridgehead atoms. The van der Waals surface area contributed by atoms with Crippen molar-refractivity contribution >= 4 is 60.9 Å². The minimum atomic E-state index is -2.43. The number of aromatic hydroxyl groups is 1. The number of carbonyl (C=O) groups excluding carboxylic acids is 1. The number of halogens is 1. The molecule has 2 heterocycles. The van der Waals surface area contributed by atoms with Gasteiger partial charge in [0.1, 0.15) is 0 Å². The Balaban J connectivity index is 2.19. The number of carbonyl (C=O) groups is 1. The molecule has 1 aliphatic heterocycles. The Hall–Kier alpha value is -1.46. The molecule has 1 N–H and O–H groups in total. The van der Waals surface area contributed by atoms with E-state index in [-0.39, 0.29) is 20.3 Å². The summed E-state index contributed by atoms with van der Waals surface area (Å²) >= 11 is 3.89. The maximum atomic E-state index is 12.4. The summed E-state index contributed by atoms with van der Waals surface area (Å²) in [5, 5.41) is 13.4. The van der Waals surface area contributed by atoms with Gasteiger partial charge in [0.05, 0.1) is 0 Å². The summed E-state index contributed by atoms with van der Waals surface area (Å²) in [7, 11) is -2.43. The monoisotopic (exact) mass is 533 g/mol. The first-order valence-corrected chi connectivity index (χ1v) is 14.5. The molecule has 0 saturated heterocycles. The van der Waals surface area contributed by atoms with Crippen molar-refractivity contribution in [2.45, 2.75) is 45.7 Å². The number of phenols is 1. The average Bonchev–Trinajstić information content (AvgIpc) is 2.97. The van der Waals surface area contributed by atoms with Gasteiger partial charge in [-0.15, -0.1) is 0 Å². The molecule has 6 heteroatoms. The van der Waals surface area contributed by atoms with Gasteiger partial charge in [-0.25, -0.2) is 0 Å². The van der Waals surface area contributed by atoms with E-state index in [4.69, 9.17) is 4.99 Å². The molecule has 150 valence electrons. The Morgan fingerprint density at radius 3 is 2.41 bits per heavy atom. The molecule has 0 unspecified atom stereocenters. The third-order valence-corrected chi connectivity index (χ3v) is 15.8. The molecule has 0 amide bonds. The number of aliphatic imine (C=N–C) groups is 1. The predicted octanol–water partition coefficient (Wildman–Crippen LogP) is 5.35. The van der Waals surface area contributed by atoms with Gasteiger partial charge in [-0.2, -0.15) is 0 Å². The fourth-order valence-electron chi connectivity index (χ4n) is 5.05. The molecular formula is C23H24BrNO2SeSi. The van der Waals surface area contributed by atoms with E-state index < -0.39 is 8.07 Å². The van der Waals surface area contributed by atoms with Crippen molar-refractivity contribution in [3.05, 3.63) is 50.5 Å². The molecular weight excluding hydrogens is 509 g/mol. The molecule has 1 aromatic carbocycles. The SMILES string of the molecule is Cc1cc(Br)c(-c2c(O)ccc3c2[Si](C(C)C)(C(C)C)C2=CC(=O)C=CC2=N3)[se]1. The van der Waals surface area contributed by atoms with Gasteiger partial charge in [-0.1, -0.05) is 0 Å². The molecule has 0 spiro atoms. The van der Waals surface area contributed by atoms with Crippen LogP contribution in [0.3, 0.4) is 0 Å². The van der Waals surface area contributed by atoms with Crippen molar-refractivity contribution in [1.29, 1.82) is 0 Å². The van der Waals surface area contributed by atoms with Crippen molar-refractivity contribution in [2.24, 2.45) is 4.99 Å². The van der Waals surface area contributed by atoms with Crippen molar-refractivity contribution in [2.75, 3.05) is 0 Å². The standard InChI is InChI=1S/C23H24BrNO2SeSi/c1-12(2)29(13(3)4)20-11-15(26)6-7-17(20)25-18-8-9-19(27)21(23(18)29)22-16(24)10-14(5)28-22/h6-13,27H,1-5H3. The van der Waals surface area contributed by atoms with Crippen molar-refractivity contribution in [1.82, 2.24) is 0 Å². The van der Waals surface area contributed by atoms with E-state index >= 15 is 0 Å². The fraction of sp³-hybridized carbons (Fsp3) is 0.304. The molecule has 29 heavy (non-hydrogen) atoms. The number of aryl methyl sites for hydroxylation is 1. The molecule has 1 aliphatic carbocycles. The van der Waals surface area contributed by atoms with Crippen LogP contribution in [0.25, 0.3) is 10.0 Å². The Labute approximate surface area is 187 Å². The maximum absolute atomic E-state index is 12.4. The first-order valence-electron chi connectivity index (χ1n) is 9.83. The molecule has 0 fully saturated rings. The normalized spacial score (nSPS) is 17.3. The van der Waals surface area contributed by atoms with Crippen LogP contribution in [0.15, 0.2) is 51.1 Å². The second-order valence-electron chi connectivity index (χ2n) is 8.36. The Morgan fingerprint density at radius 2 is 1.83 bits per heavy atom. The Kier molecular flexibility index (Phi) is 5.27. The van der Waals surface area contributed by atoms with Crippen LogP contribution in [0.1, 0.15) is 32.1 Å². The number of hydrogen-bond donors (Lipinski definition) is 1. The summed E-state index contributed by atoms with van der Waals surface area (Å²) in [6.07, 6.45) is 5.30. The number of rotatable bonds is 3. The number of allylic oxidation sites excluding steroid dienone is 4. The van der Waals surface area contributed by atoms with Crippen LogP contribution in [0, 0.1) is 6.92 Å². The topological polar surface area (TPSA) is 49.7 Å². The number of ketones is 1. The first kappa shape index (κ1) is 20.8. The molecule has 1 aromatic heterocycles. The van der Waals surface area contributed by atoms with Crippen molar-refractivity contribution in [3.8, 4) is 15.8 Å². The van der Waals surface area contributed by atoms with Crippen LogP contribution < -0.4 is 5.19 Å². The summed E-state index contributed by atoms with van der Waals surface area (Å²) in [6, 6.07) is 5.89. The van der Waals surface area contributed by atoms with Gasteiger partial charge >= 0.3 is 188 Å². The van der Waals surface area contributed by atoms with E-state index in [1.54, 1.807) is 12.1 Å². The second-order valence-corrected chi connectivity index (χ2v) is 16.9. The Morgan fingerprint density at radius 1 is 1.14 bits per heavy atom. The van der Waals surface area contributed by atoms with Gasteiger partial charge in [0.15, 0.2) is 0 Å². The molecule has 4 rings (SSSR count). The van der Waals surface area contributed by atoms with Gasteiger partial charge in [0.25, 0.3) is 0 Å². The van der Waals surface area contributed by atoms with E-state index in [1.165, 1.54) is 14.1 Å². The molecule has 0 atom stereocenters. The van der Waals surface area contributed by atoms with E-state index in [0.29, 0.717) is 16.8 Å². The number of phenolic OH excluding ortho intramolecular Hbond substituents is 1. The van der Waals surface area contributed by atoms with Crippen LogP contribution in [-0.2, 0) is 4.79 Å². The molecule has 0 saturated carbocycles. The van der Waals surface area contributed by atoms with Crippen LogP contribution >= 0.6 is 15.9 Å². The quantitative estimate of drug-likeness (QED) is 0.427. The Bertz CT molecular complexity index is 1120. The fourth-order valence-corrected chi connectivity index (χ4v) is 14.8. The predicted molar refractivity (Wildman–Crippen MR) is 128 cm³/mol. The van der Waals surface area contributed by atoms with E-state index in [9.17, 15) is 9.90 Å². The summed E-state index contributed by atoms with van der Waals surface area (Å²) in [5.41, 5.74) is 3.51. The second kappa shape index (κ2) is 7.35. The third kappa shape index (κ3) is 3.04. The minimum absolute atomic E-state index is 0.0327. The van der Waals surface area contributed by atoms with Gasteiger partial charge in [0, 0.05) is 0 Å². The average molecular weight is 533 g/mol. The van der Waals surface area contributed by atoms with E-state index in [0.717, 1.165) is 26.6 Å². The van der Waals surface area contributed by atoms with Gasteiger partial charge in [-0.05, 0) is 0 Å². The number of hydrogen-bond acceptors (Lipinski definition) is 3. The summed E-state index contributed by atoms with van der Waals surface area (Å²) in [6.45, 7) is 11.2. The van der Waals surface area contributed by atoms with Crippen LogP contribution in [0.2, 0.25) is 11.1 Å². The zero-order valence-corrected chi connectivity index (χ0v) is 21.5. The van der Waals surface area contributed by atoms with Crippen LogP contribution in [0.4, 0.5) is 5.69 Å². The number of fused-ring (bicyclic) bond motifs is 2. The van der Waals surface area contributed by atoms with E-state index in [1.807, 2.05) is 18.2 Å².